The molecule has 0 saturated heterocycles. The van der Waals surface area contributed by atoms with E-state index in [1.54, 1.807) is 23.0 Å². The third kappa shape index (κ3) is 3.67. The first kappa shape index (κ1) is 17.9. The molecular formula is C21H22FN3O. The molecule has 3 aromatic rings. The van der Waals surface area contributed by atoms with Gasteiger partial charge in [-0.3, -0.25) is 4.79 Å². The van der Waals surface area contributed by atoms with Crippen molar-refractivity contribution in [1.29, 1.82) is 0 Å². The van der Waals surface area contributed by atoms with Gasteiger partial charge < -0.3 is 5.32 Å². The molecule has 134 valence electrons. The summed E-state index contributed by atoms with van der Waals surface area (Å²) in [5.74, 6) is -0.484. The summed E-state index contributed by atoms with van der Waals surface area (Å²) in [5.41, 5.74) is 4.25. The maximum atomic E-state index is 13.1. The van der Waals surface area contributed by atoms with Crippen LogP contribution in [0.25, 0.3) is 5.69 Å². The lowest BCUT2D eigenvalue weighted by Crippen LogP contribution is -2.27. The second kappa shape index (κ2) is 7.52. The molecule has 1 atom stereocenters. The van der Waals surface area contributed by atoms with Crippen molar-refractivity contribution in [3.05, 3.63) is 82.9 Å². The van der Waals surface area contributed by atoms with Crippen molar-refractivity contribution in [3.63, 3.8) is 0 Å². The number of nitrogens with zero attached hydrogens (tertiary/aromatic N) is 2. The maximum Gasteiger partial charge on any atom is 0.255 e. The van der Waals surface area contributed by atoms with Crippen molar-refractivity contribution in [3.8, 4) is 5.69 Å². The van der Waals surface area contributed by atoms with E-state index in [0.717, 1.165) is 12.0 Å². The smallest absolute Gasteiger partial charge is 0.255 e. The Bertz CT molecular complexity index is 898. The molecule has 4 nitrogen and oxygen atoms in total. The number of amides is 1. The fourth-order valence-electron chi connectivity index (χ4n) is 2.87. The van der Waals surface area contributed by atoms with Crippen molar-refractivity contribution in [2.24, 2.45) is 0 Å². The van der Waals surface area contributed by atoms with Crippen LogP contribution in [0.4, 0.5) is 4.39 Å². The van der Waals surface area contributed by atoms with Gasteiger partial charge in [0, 0.05) is 0 Å². The number of hydrogen-bond acceptors (Lipinski definition) is 2. The lowest BCUT2D eigenvalue weighted by molar-refractivity contribution is 0.0939. The monoisotopic (exact) mass is 351 g/mol. The van der Waals surface area contributed by atoms with Gasteiger partial charge in [0.1, 0.15) is 5.82 Å². The number of aromatic nitrogens is 2. The average molecular weight is 351 g/mol. The lowest BCUT2D eigenvalue weighted by atomic mass is 10.0. The number of benzene rings is 2. The SMILES string of the molecule is CCc1ccc(C(C)NC(=O)c2cnn(-c3ccc(F)cc3)c2C)cc1. The largest absolute Gasteiger partial charge is 0.345 e. The van der Waals surface area contributed by atoms with E-state index in [-0.39, 0.29) is 17.8 Å². The minimum Gasteiger partial charge on any atom is -0.345 e. The van der Waals surface area contributed by atoms with Crippen LogP contribution in [0.3, 0.4) is 0 Å². The number of halogens is 1. The lowest BCUT2D eigenvalue weighted by Gasteiger charge is -2.15. The van der Waals surface area contributed by atoms with Crippen LogP contribution in [-0.2, 0) is 6.42 Å². The fraction of sp³-hybridized carbons (Fsp3) is 0.238. The highest BCUT2D eigenvalue weighted by atomic mass is 19.1. The number of carbonyl (C=O) groups excluding carboxylic acids is 1. The molecule has 1 heterocycles. The summed E-state index contributed by atoms with van der Waals surface area (Å²) in [6.07, 6.45) is 2.53. The van der Waals surface area contributed by atoms with Crippen LogP contribution in [0.2, 0.25) is 0 Å². The summed E-state index contributed by atoms with van der Waals surface area (Å²) < 4.78 is 14.7. The quantitative estimate of drug-likeness (QED) is 0.742. The summed E-state index contributed by atoms with van der Waals surface area (Å²) in [6.45, 7) is 5.90. The number of rotatable bonds is 5. The van der Waals surface area contributed by atoms with Gasteiger partial charge in [-0.15, -0.1) is 0 Å². The predicted octanol–water partition coefficient (Wildman–Crippen LogP) is 4.37. The standard InChI is InChI=1S/C21H22FN3O/c1-4-16-5-7-17(8-6-16)14(2)24-21(26)20-13-23-25(15(20)3)19-11-9-18(22)10-12-19/h5-14H,4H2,1-3H3,(H,24,26). The normalized spacial score (nSPS) is 12.0. The molecule has 0 spiro atoms. The van der Waals surface area contributed by atoms with Gasteiger partial charge in [0.05, 0.1) is 29.2 Å². The van der Waals surface area contributed by atoms with Gasteiger partial charge >= 0.3 is 0 Å². The van der Waals surface area contributed by atoms with Gasteiger partial charge in [0.25, 0.3) is 5.91 Å². The van der Waals surface area contributed by atoms with Crippen LogP contribution in [0, 0.1) is 12.7 Å². The molecule has 1 unspecified atom stereocenters. The zero-order valence-electron chi connectivity index (χ0n) is 15.2. The van der Waals surface area contributed by atoms with Crippen LogP contribution >= 0.6 is 0 Å². The topological polar surface area (TPSA) is 46.9 Å². The van der Waals surface area contributed by atoms with E-state index >= 15 is 0 Å². The Morgan fingerprint density at radius 2 is 1.81 bits per heavy atom. The molecule has 0 fully saturated rings. The molecule has 1 aromatic heterocycles. The first-order chi connectivity index (χ1) is 12.5. The summed E-state index contributed by atoms with van der Waals surface area (Å²) in [4.78, 5) is 12.6. The molecule has 0 bridgehead atoms. The minimum atomic E-state index is -0.306. The second-order valence-electron chi connectivity index (χ2n) is 6.32. The fourth-order valence-corrected chi connectivity index (χ4v) is 2.87. The minimum absolute atomic E-state index is 0.109. The van der Waals surface area contributed by atoms with Crippen LogP contribution in [0.15, 0.2) is 54.7 Å². The van der Waals surface area contributed by atoms with E-state index in [2.05, 4.69) is 29.5 Å². The van der Waals surface area contributed by atoms with Crippen molar-refractivity contribution in [2.75, 3.05) is 0 Å². The van der Waals surface area contributed by atoms with Gasteiger partial charge in [-0.05, 0) is 55.7 Å². The molecule has 0 aliphatic carbocycles. The molecule has 2 aromatic carbocycles. The zero-order chi connectivity index (χ0) is 18.7. The Labute approximate surface area is 152 Å². The molecule has 1 amide bonds. The van der Waals surface area contributed by atoms with Crippen molar-refractivity contribution >= 4 is 5.91 Å². The predicted molar refractivity (Wildman–Crippen MR) is 100.0 cm³/mol. The Morgan fingerprint density at radius 3 is 2.42 bits per heavy atom. The summed E-state index contributed by atoms with van der Waals surface area (Å²) in [6, 6.07) is 14.1. The Morgan fingerprint density at radius 1 is 1.15 bits per heavy atom. The van der Waals surface area contributed by atoms with Crippen LogP contribution in [0.1, 0.15) is 47.1 Å². The highest BCUT2D eigenvalue weighted by molar-refractivity contribution is 5.95. The first-order valence-electron chi connectivity index (χ1n) is 8.70. The van der Waals surface area contributed by atoms with E-state index in [0.29, 0.717) is 16.9 Å². The molecule has 0 aliphatic heterocycles. The van der Waals surface area contributed by atoms with Gasteiger partial charge in [0.2, 0.25) is 0 Å². The van der Waals surface area contributed by atoms with E-state index < -0.39 is 0 Å². The van der Waals surface area contributed by atoms with Crippen molar-refractivity contribution < 1.29 is 9.18 Å². The van der Waals surface area contributed by atoms with Gasteiger partial charge in [-0.25, -0.2) is 9.07 Å². The maximum absolute atomic E-state index is 13.1. The number of carbonyl (C=O) groups is 1. The van der Waals surface area contributed by atoms with Gasteiger partial charge in [0.15, 0.2) is 0 Å². The van der Waals surface area contributed by atoms with Crippen LogP contribution < -0.4 is 5.32 Å². The molecule has 26 heavy (non-hydrogen) atoms. The highest BCUT2D eigenvalue weighted by Crippen LogP contribution is 2.18. The summed E-state index contributed by atoms with van der Waals surface area (Å²) in [7, 11) is 0. The molecule has 0 radical (unpaired) electrons. The van der Waals surface area contributed by atoms with E-state index in [4.69, 9.17) is 0 Å². The first-order valence-corrected chi connectivity index (χ1v) is 8.70. The summed E-state index contributed by atoms with van der Waals surface area (Å²) >= 11 is 0. The summed E-state index contributed by atoms with van der Waals surface area (Å²) in [5, 5.41) is 7.29. The van der Waals surface area contributed by atoms with E-state index in [9.17, 15) is 9.18 Å². The third-order valence-corrected chi connectivity index (χ3v) is 4.56. The Balaban J connectivity index is 1.76. The molecule has 3 rings (SSSR count). The highest BCUT2D eigenvalue weighted by Gasteiger charge is 2.17. The van der Waals surface area contributed by atoms with Gasteiger partial charge in [-0.2, -0.15) is 5.10 Å². The van der Waals surface area contributed by atoms with Gasteiger partial charge in [-0.1, -0.05) is 31.2 Å². The number of hydrogen-bond donors (Lipinski definition) is 1. The van der Waals surface area contributed by atoms with Crippen molar-refractivity contribution in [1.82, 2.24) is 15.1 Å². The second-order valence-corrected chi connectivity index (χ2v) is 6.32. The number of nitrogens with one attached hydrogen (secondary N) is 1. The molecular weight excluding hydrogens is 329 g/mol. The average Bonchev–Trinajstić information content (AvgIpc) is 3.04. The van der Waals surface area contributed by atoms with Crippen LogP contribution in [0.5, 0.6) is 0 Å². The molecule has 5 heteroatoms. The van der Waals surface area contributed by atoms with Crippen molar-refractivity contribution in [2.45, 2.75) is 33.2 Å². The number of aryl methyl sites for hydroxylation is 1. The van der Waals surface area contributed by atoms with E-state index in [1.165, 1.54) is 17.7 Å². The zero-order valence-corrected chi connectivity index (χ0v) is 15.2. The Hall–Kier alpha value is -2.95. The molecule has 0 saturated carbocycles. The molecule has 0 aliphatic rings. The molecule has 1 N–H and O–H groups in total. The third-order valence-electron chi connectivity index (χ3n) is 4.56. The Kier molecular flexibility index (Phi) is 5.16. The van der Waals surface area contributed by atoms with Crippen LogP contribution in [-0.4, -0.2) is 15.7 Å². The van der Waals surface area contributed by atoms with E-state index in [1.807, 2.05) is 26.0 Å².